The van der Waals surface area contributed by atoms with Crippen LogP contribution in [0.15, 0.2) is 0 Å². The van der Waals surface area contributed by atoms with Crippen molar-refractivity contribution in [2.45, 2.75) is 88.8 Å². The molecule has 0 radical (unpaired) electrons. The number of hydrogen-bond acceptors (Lipinski definition) is 4. The predicted molar refractivity (Wildman–Crippen MR) is 98.5 cm³/mol. The molecular formula is C19H32N4O3. The summed E-state index contributed by atoms with van der Waals surface area (Å²) >= 11 is 0. The number of amides is 4. The Kier molecular flexibility index (Phi) is 6.16. The van der Waals surface area contributed by atoms with Crippen molar-refractivity contribution >= 4 is 17.8 Å². The molecule has 3 rings (SSSR count). The third-order valence-corrected chi connectivity index (χ3v) is 6.13. The quantitative estimate of drug-likeness (QED) is 0.380. The van der Waals surface area contributed by atoms with E-state index in [1.165, 1.54) is 38.5 Å². The molecule has 1 unspecified atom stereocenters. The van der Waals surface area contributed by atoms with Gasteiger partial charge in [0.05, 0.1) is 0 Å². The Morgan fingerprint density at radius 2 is 1.77 bits per heavy atom. The van der Waals surface area contributed by atoms with Crippen LogP contribution in [-0.2, 0) is 9.59 Å². The van der Waals surface area contributed by atoms with Crippen LogP contribution in [-0.4, -0.2) is 53.5 Å². The predicted octanol–water partition coefficient (Wildman–Crippen LogP) is 1.67. The number of hydrogen-bond donors (Lipinski definition) is 3. The van der Waals surface area contributed by atoms with Gasteiger partial charge in [-0.15, -0.1) is 0 Å². The summed E-state index contributed by atoms with van der Waals surface area (Å²) < 4.78 is 0. The molecule has 7 nitrogen and oxygen atoms in total. The van der Waals surface area contributed by atoms with Crippen molar-refractivity contribution in [1.29, 1.82) is 0 Å². The van der Waals surface area contributed by atoms with Crippen LogP contribution in [0.2, 0.25) is 0 Å². The Balaban J connectivity index is 1.44. The topological polar surface area (TPSA) is 90.5 Å². The number of imide groups is 1. The smallest absolute Gasteiger partial charge is 0.325 e. The summed E-state index contributed by atoms with van der Waals surface area (Å²) in [5.74, 6) is -0.509. The van der Waals surface area contributed by atoms with Crippen molar-refractivity contribution in [3.05, 3.63) is 0 Å². The van der Waals surface area contributed by atoms with Gasteiger partial charge in [-0.3, -0.25) is 9.59 Å². The van der Waals surface area contributed by atoms with Gasteiger partial charge < -0.3 is 16.0 Å². The van der Waals surface area contributed by atoms with Crippen LogP contribution in [0.5, 0.6) is 0 Å². The zero-order valence-corrected chi connectivity index (χ0v) is 15.8. The minimum Gasteiger partial charge on any atom is -0.353 e. The molecule has 1 saturated heterocycles. The largest absolute Gasteiger partial charge is 0.353 e. The van der Waals surface area contributed by atoms with Crippen LogP contribution in [0.3, 0.4) is 0 Å². The van der Waals surface area contributed by atoms with Gasteiger partial charge in [0.15, 0.2) is 0 Å². The molecule has 0 aromatic carbocycles. The first-order valence-electron chi connectivity index (χ1n) is 10.2. The minimum atomic E-state index is -0.777. The highest BCUT2D eigenvalue weighted by atomic mass is 16.2. The van der Waals surface area contributed by atoms with E-state index in [0.717, 1.165) is 17.7 Å². The molecule has 3 fully saturated rings. The van der Waals surface area contributed by atoms with Gasteiger partial charge >= 0.3 is 6.03 Å². The zero-order valence-electron chi connectivity index (χ0n) is 15.8. The van der Waals surface area contributed by atoms with E-state index in [-0.39, 0.29) is 11.8 Å². The lowest BCUT2D eigenvalue weighted by atomic mass is 9.97. The molecule has 26 heavy (non-hydrogen) atoms. The Hall–Kier alpha value is -1.63. The molecule has 7 heteroatoms. The zero-order chi connectivity index (χ0) is 18.6. The number of nitrogens with zero attached hydrogens (tertiary/aromatic N) is 1. The molecule has 3 N–H and O–H groups in total. The van der Waals surface area contributed by atoms with Crippen LogP contribution >= 0.6 is 0 Å². The first kappa shape index (κ1) is 19.1. The number of nitrogens with one attached hydrogen (secondary N) is 3. The molecule has 2 saturated carbocycles. The highest BCUT2D eigenvalue weighted by Crippen LogP contribution is 2.35. The second-order valence-electron chi connectivity index (χ2n) is 8.00. The van der Waals surface area contributed by atoms with E-state index < -0.39 is 17.6 Å². The normalized spacial score (nSPS) is 24.6. The average molecular weight is 364 g/mol. The summed E-state index contributed by atoms with van der Waals surface area (Å²) in [5.41, 5.74) is -0.757. The molecule has 2 aliphatic carbocycles. The summed E-state index contributed by atoms with van der Waals surface area (Å²) in [6.45, 7) is 2.85. The van der Waals surface area contributed by atoms with Crippen LogP contribution in [0.1, 0.15) is 71.1 Å². The van der Waals surface area contributed by atoms with Crippen molar-refractivity contribution < 1.29 is 14.4 Å². The SMILES string of the molecule is CC(C(=O)NCCNC1CCCCCC1)N1C(=O)NC2(CCCC2)C1=O. The second-order valence-corrected chi connectivity index (χ2v) is 8.00. The summed E-state index contributed by atoms with van der Waals surface area (Å²) in [7, 11) is 0. The molecule has 3 aliphatic rings. The van der Waals surface area contributed by atoms with Crippen molar-refractivity contribution in [1.82, 2.24) is 20.9 Å². The number of urea groups is 1. The molecule has 1 atom stereocenters. The molecule has 1 aliphatic heterocycles. The molecule has 0 bridgehead atoms. The fourth-order valence-corrected chi connectivity index (χ4v) is 4.52. The highest BCUT2D eigenvalue weighted by molar-refractivity contribution is 6.09. The molecule has 1 spiro atoms. The average Bonchev–Trinajstić information content (AvgIpc) is 3.06. The van der Waals surface area contributed by atoms with Crippen molar-refractivity contribution in [3.63, 3.8) is 0 Å². The van der Waals surface area contributed by atoms with E-state index in [4.69, 9.17) is 0 Å². The summed E-state index contributed by atoms with van der Waals surface area (Å²) in [5, 5.41) is 9.19. The summed E-state index contributed by atoms with van der Waals surface area (Å²) in [4.78, 5) is 38.5. The molecule has 4 amide bonds. The van der Waals surface area contributed by atoms with Gasteiger partial charge in [-0.25, -0.2) is 9.69 Å². The van der Waals surface area contributed by atoms with Crippen molar-refractivity contribution in [3.8, 4) is 0 Å². The van der Waals surface area contributed by atoms with Crippen molar-refractivity contribution in [2.75, 3.05) is 13.1 Å². The van der Waals surface area contributed by atoms with E-state index in [1.54, 1.807) is 6.92 Å². The summed E-state index contributed by atoms with van der Waals surface area (Å²) in [6.07, 6.45) is 10.8. The fraction of sp³-hybridized carbons (Fsp3) is 0.842. The lowest BCUT2D eigenvalue weighted by Crippen LogP contribution is -2.50. The maximum Gasteiger partial charge on any atom is 0.325 e. The van der Waals surface area contributed by atoms with Gasteiger partial charge in [0.25, 0.3) is 5.91 Å². The maximum atomic E-state index is 12.7. The molecule has 0 aromatic heterocycles. The lowest BCUT2D eigenvalue weighted by Gasteiger charge is -2.23. The van der Waals surface area contributed by atoms with Gasteiger partial charge in [-0.05, 0) is 32.6 Å². The number of rotatable bonds is 6. The first-order chi connectivity index (χ1) is 12.5. The third-order valence-electron chi connectivity index (χ3n) is 6.13. The van der Waals surface area contributed by atoms with Crippen LogP contribution in [0.4, 0.5) is 4.79 Å². The van der Waals surface area contributed by atoms with Crippen molar-refractivity contribution in [2.24, 2.45) is 0 Å². The maximum absolute atomic E-state index is 12.7. The Bertz CT molecular complexity index is 537. The Labute approximate surface area is 155 Å². The molecule has 146 valence electrons. The fourth-order valence-electron chi connectivity index (χ4n) is 4.52. The molecular weight excluding hydrogens is 332 g/mol. The van der Waals surface area contributed by atoms with Gasteiger partial charge in [-0.2, -0.15) is 0 Å². The third kappa shape index (κ3) is 4.03. The van der Waals surface area contributed by atoms with E-state index >= 15 is 0 Å². The Morgan fingerprint density at radius 3 is 2.42 bits per heavy atom. The van der Waals surface area contributed by atoms with Gasteiger partial charge in [0, 0.05) is 19.1 Å². The van der Waals surface area contributed by atoms with Gasteiger partial charge in [-0.1, -0.05) is 38.5 Å². The monoisotopic (exact) mass is 364 g/mol. The van der Waals surface area contributed by atoms with E-state index in [9.17, 15) is 14.4 Å². The van der Waals surface area contributed by atoms with E-state index in [2.05, 4.69) is 16.0 Å². The number of carbonyl (C=O) groups is 3. The first-order valence-corrected chi connectivity index (χ1v) is 10.2. The van der Waals surface area contributed by atoms with E-state index in [0.29, 0.717) is 32.0 Å². The summed E-state index contributed by atoms with van der Waals surface area (Å²) in [6, 6.07) is -0.670. The van der Waals surface area contributed by atoms with Crippen LogP contribution in [0, 0.1) is 0 Å². The second kappa shape index (κ2) is 8.37. The Morgan fingerprint density at radius 1 is 1.12 bits per heavy atom. The standard InChI is InChI=1S/C19H32N4O3/c1-14(23-17(25)19(22-18(23)26)10-6-7-11-19)16(24)21-13-12-20-15-8-4-2-3-5-9-15/h14-15,20H,2-13H2,1H3,(H,21,24)(H,22,26). The molecule has 1 heterocycles. The van der Waals surface area contributed by atoms with Crippen LogP contribution in [0.25, 0.3) is 0 Å². The van der Waals surface area contributed by atoms with Crippen LogP contribution < -0.4 is 16.0 Å². The van der Waals surface area contributed by atoms with Gasteiger partial charge in [0.2, 0.25) is 5.91 Å². The number of carbonyl (C=O) groups excluding carboxylic acids is 3. The minimum absolute atomic E-state index is 0.237. The lowest BCUT2D eigenvalue weighted by molar-refractivity contribution is -0.137. The van der Waals surface area contributed by atoms with Gasteiger partial charge in [0.1, 0.15) is 11.6 Å². The molecule has 0 aromatic rings. The van der Waals surface area contributed by atoms with E-state index in [1.807, 2.05) is 0 Å². The highest BCUT2D eigenvalue weighted by Gasteiger charge is 2.54.